The van der Waals surface area contributed by atoms with Crippen LogP contribution >= 0.6 is 23.2 Å². The van der Waals surface area contributed by atoms with Gasteiger partial charge in [0.2, 0.25) is 5.60 Å². The molecule has 2 aromatic rings. The summed E-state index contributed by atoms with van der Waals surface area (Å²) in [6, 6.07) is 8.04. The van der Waals surface area contributed by atoms with E-state index >= 15 is 0 Å². The van der Waals surface area contributed by atoms with Gasteiger partial charge in [0.05, 0.1) is 11.8 Å². The van der Waals surface area contributed by atoms with E-state index in [1.54, 1.807) is 6.92 Å². The van der Waals surface area contributed by atoms with Crippen LogP contribution in [0.15, 0.2) is 42.7 Å². The summed E-state index contributed by atoms with van der Waals surface area (Å²) >= 11 is 11.8. The van der Waals surface area contributed by atoms with Gasteiger partial charge in [-0.3, -0.25) is 0 Å². The Kier molecular flexibility index (Phi) is 4.91. The number of rotatable bonds is 3. The van der Waals surface area contributed by atoms with Gasteiger partial charge in [0.15, 0.2) is 0 Å². The van der Waals surface area contributed by atoms with Gasteiger partial charge in [0.25, 0.3) is 0 Å². The molecule has 1 aliphatic rings. The van der Waals surface area contributed by atoms with Gasteiger partial charge < -0.3 is 9.84 Å². The zero-order chi connectivity index (χ0) is 20.0. The van der Waals surface area contributed by atoms with Crippen LogP contribution in [0, 0.1) is 6.92 Å². The predicted molar refractivity (Wildman–Crippen MR) is 96.0 cm³/mol. The SMILES string of the molecule is Cc1cc(C2=COC(c3cc(Cl)cc(Cl)c3)(C(F)(F)F)C2)ccc1C(=O)O. The van der Waals surface area contributed by atoms with Crippen LogP contribution in [0.3, 0.4) is 0 Å². The van der Waals surface area contributed by atoms with Crippen LogP contribution in [-0.2, 0) is 10.3 Å². The summed E-state index contributed by atoms with van der Waals surface area (Å²) in [5.41, 5.74) is -1.54. The zero-order valence-corrected chi connectivity index (χ0v) is 15.4. The number of hydrogen-bond donors (Lipinski definition) is 1. The second kappa shape index (κ2) is 6.77. The van der Waals surface area contributed by atoms with Crippen LogP contribution in [0.2, 0.25) is 10.0 Å². The van der Waals surface area contributed by atoms with Crippen LogP contribution < -0.4 is 0 Å². The molecule has 0 spiro atoms. The highest BCUT2D eigenvalue weighted by Gasteiger charge is 2.60. The van der Waals surface area contributed by atoms with Crippen molar-refractivity contribution in [2.24, 2.45) is 0 Å². The normalized spacial score (nSPS) is 19.6. The first-order valence-electron chi connectivity index (χ1n) is 7.78. The van der Waals surface area contributed by atoms with Gasteiger partial charge in [-0.2, -0.15) is 13.2 Å². The lowest BCUT2D eigenvalue weighted by atomic mass is 9.85. The van der Waals surface area contributed by atoms with E-state index in [2.05, 4.69) is 0 Å². The molecule has 142 valence electrons. The predicted octanol–water partition coefficient (Wildman–Crippen LogP) is 6.22. The molecule has 0 saturated heterocycles. The highest BCUT2D eigenvalue weighted by Crippen LogP contribution is 2.52. The summed E-state index contributed by atoms with van der Waals surface area (Å²) in [6.45, 7) is 1.58. The summed E-state index contributed by atoms with van der Waals surface area (Å²) in [5, 5.41) is 9.24. The minimum absolute atomic E-state index is 0.0693. The summed E-state index contributed by atoms with van der Waals surface area (Å²) in [5.74, 6) is -1.10. The van der Waals surface area contributed by atoms with Gasteiger partial charge >= 0.3 is 12.1 Å². The van der Waals surface area contributed by atoms with Crippen LogP contribution in [0.25, 0.3) is 5.57 Å². The van der Waals surface area contributed by atoms with E-state index < -0.39 is 24.2 Å². The number of ether oxygens (including phenoxy) is 1. The maximum atomic E-state index is 14.0. The first kappa shape index (κ1) is 19.6. The summed E-state index contributed by atoms with van der Waals surface area (Å²) < 4.78 is 47.1. The third kappa shape index (κ3) is 3.51. The number of aromatic carboxylic acids is 1. The number of aryl methyl sites for hydroxylation is 1. The smallest absolute Gasteiger partial charge is 0.432 e. The molecule has 3 nitrogen and oxygen atoms in total. The fraction of sp³-hybridized carbons (Fsp3) is 0.211. The van der Waals surface area contributed by atoms with Crippen LogP contribution in [0.4, 0.5) is 13.2 Å². The maximum Gasteiger partial charge on any atom is 0.432 e. The molecule has 1 heterocycles. The van der Waals surface area contributed by atoms with Crippen molar-refractivity contribution >= 4 is 34.7 Å². The third-order valence-electron chi connectivity index (χ3n) is 4.46. The number of halogens is 5. The molecule has 0 saturated carbocycles. The van der Waals surface area contributed by atoms with Crippen LogP contribution in [-0.4, -0.2) is 17.3 Å². The monoisotopic (exact) mass is 416 g/mol. The molecule has 27 heavy (non-hydrogen) atoms. The minimum Gasteiger partial charge on any atom is -0.480 e. The zero-order valence-electron chi connectivity index (χ0n) is 13.9. The first-order valence-corrected chi connectivity index (χ1v) is 8.53. The van der Waals surface area contributed by atoms with E-state index in [0.717, 1.165) is 6.26 Å². The fourth-order valence-corrected chi connectivity index (χ4v) is 3.61. The molecule has 0 fully saturated rings. The van der Waals surface area contributed by atoms with Crippen molar-refractivity contribution in [2.75, 3.05) is 0 Å². The summed E-state index contributed by atoms with van der Waals surface area (Å²) in [6.07, 6.45) is -4.16. The van der Waals surface area contributed by atoms with Crippen molar-refractivity contribution in [1.82, 2.24) is 0 Å². The van der Waals surface area contributed by atoms with E-state index in [1.807, 2.05) is 0 Å². The van der Waals surface area contributed by atoms with E-state index in [4.69, 9.17) is 33.0 Å². The number of carbonyl (C=O) groups is 1. The second-order valence-electron chi connectivity index (χ2n) is 6.26. The third-order valence-corrected chi connectivity index (χ3v) is 4.89. The minimum atomic E-state index is -4.73. The number of alkyl halides is 3. The van der Waals surface area contributed by atoms with Gasteiger partial charge in [0, 0.05) is 22.0 Å². The molecule has 1 aliphatic heterocycles. The molecule has 0 radical (unpaired) electrons. The highest BCUT2D eigenvalue weighted by atomic mass is 35.5. The average Bonchev–Trinajstić information content (AvgIpc) is 3.00. The number of carboxylic acid groups (broad SMARTS) is 1. The Labute approximate surface area is 163 Å². The second-order valence-corrected chi connectivity index (χ2v) is 7.13. The molecular formula is C19H13Cl2F3O3. The van der Waals surface area contributed by atoms with Gasteiger partial charge in [-0.25, -0.2) is 4.79 Å². The van der Waals surface area contributed by atoms with Crippen molar-refractivity contribution in [2.45, 2.75) is 25.1 Å². The Bertz CT molecular complexity index is 933. The van der Waals surface area contributed by atoms with Crippen molar-refractivity contribution in [3.63, 3.8) is 0 Å². The molecule has 0 amide bonds. The molecule has 1 atom stereocenters. The average molecular weight is 417 g/mol. The molecule has 1 N–H and O–H groups in total. The first-order chi connectivity index (χ1) is 12.5. The van der Waals surface area contributed by atoms with E-state index in [1.165, 1.54) is 36.4 Å². The molecule has 0 aliphatic carbocycles. The van der Waals surface area contributed by atoms with Crippen molar-refractivity contribution < 1.29 is 27.8 Å². The lowest BCUT2D eigenvalue weighted by molar-refractivity contribution is -0.260. The van der Waals surface area contributed by atoms with Gasteiger partial charge in [-0.15, -0.1) is 0 Å². The molecular weight excluding hydrogens is 404 g/mol. The Morgan fingerprint density at radius 1 is 1.15 bits per heavy atom. The summed E-state index contributed by atoms with van der Waals surface area (Å²) in [4.78, 5) is 11.1. The Hall–Kier alpha value is -2.18. The van der Waals surface area contributed by atoms with Crippen LogP contribution in [0.1, 0.15) is 33.5 Å². The Balaban J connectivity index is 2.02. The molecule has 0 aromatic heterocycles. The van der Waals surface area contributed by atoms with Gasteiger partial charge in [-0.05, 0) is 47.9 Å². The van der Waals surface area contributed by atoms with Crippen LogP contribution in [0.5, 0.6) is 0 Å². The molecule has 0 bridgehead atoms. The lowest BCUT2D eigenvalue weighted by Crippen LogP contribution is -2.42. The summed E-state index contributed by atoms with van der Waals surface area (Å²) in [7, 11) is 0. The standard InChI is InChI=1S/C19H13Cl2F3O3/c1-10-4-11(2-3-16(10)17(25)26)12-8-18(27-9-12,19(22,23)24)13-5-14(20)7-15(21)6-13/h2-7,9H,8H2,1H3,(H,25,26). The van der Waals surface area contributed by atoms with Gasteiger partial charge in [-0.1, -0.05) is 35.3 Å². The van der Waals surface area contributed by atoms with E-state index in [9.17, 15) is 18.0 Å². The van der Waals surface area contributed by atoms with Crippen molar-refractivity contribution in [1.29, 1.82) is 0 Å². The molecule has 8 heteroatoms. The molecule has 3 rings (SSSR count). The number of hydrogen-bond acceptors (Lipinski definition) is 2. The maximum absolute atomic E-state index is 14.0. The van der Waals surface area contributed by atoms with E-state index in [-0.39, 0.29) is 21.2 Å². The van der Waals surface area contributed by atoms with E-state index in [0.29, 0.717) is 16.7 Å². The van der Waals surface area contributed by atoms with Crippen molar-refractivity contribution in [3.8, 4) is 0 Å². The highest BCUT2D eigenvalue weighted by molar-refractivity contribution is 6.34. The lowest BCUT2D eigenvalue weighted by Gasteiger charge is -2.32. The van der Waals surface area contributed by atoms with Crippen molar-refractivity contribution in [3.05, 3.63) is 75.0 Å². The Morgan fingerprint density at radius 3 is 2.30 bits per heavy atom. The van der Waals surface area contributed by atoms with Gasteiger partial charge in [0.1, 0.15) is 0 Å². The quantitative estimate of drug-likeness (QED) is 0.645. The number of carboxylic acids is 1. The topological polar surface area (TPSA) is 46.5 Å². The molecule has 1 unspecified atom stereocenters. The largest absolute Gasteiger partial charge is 0.480 e. The Morgan fingerprint density at radius 2 is 1.78 bits per heavy atom. The molecule has 2 aromatic carbocycles. The number of benzene rings is 2. The fourth-order valence-electron chi connectivity index (χ4n) is 3.08.